The lowest BCUT2D eigenvalue weighted by atomic mass is 10.1. The molecule has 0 unspecified atom stereocenters. The summed E-state index contributed by atoms with van der Waals surface area (Å²) in [6.07, 6.45) is 0.697. The summed E-state index contributed by atoms with van der Waals surface area (Å²) < 4.78 is 5.47. The summed E-state index contributed by atoms with van der Waals surface area (Å²) >= 11 is 0. The van der Waals surface area contributed by atoms with E-state index in [9.17, 15) is 0 Å². The Morgan fingerprint density at radius 3 is 2.79 bits per heavy atom. The van der Waals surface area contributed by atoms with Crippen molar-refractivity contribution < 1.29 is 4.52 Å². The van der Waals surface area contributed by atoms with E-state index in [0.29, 0.717) is 18.9 Å². The SMILES string of the molecule is c1ccc(Cc2noc(CN3CCNCc4ccccc43)n2)cc1. The Hall–Kier alpha value is -2.66. The molecule has 1 N–H and O–H groups in total. The van der Waals surface area contributed by atoms with Gasteiger partial charge in [-0.3, -0.25) is 0 Å². The molecule has 24 heavy (non-hydrogen) atoms. The van der Waals surface area contributed by atoms with E-state index in [0.717, 1.165) is 25.5 Å². The first-order valence-electron chi connectivity index (χ1n) is 8.27. The fraction of sp³-hybridized carbons (Fsp3) is 0.263. The zero-order valence-corrected chi connectivity index (χ0v) is 13.5. The second-order valence-electron chi connectivity index (χ2n) is 5.99. The minimum atomic E-state index is 0.639. The maximum absolute atomic E-state index is 5.47. The lowest BCUT2D eigenvalue weighted by molar-refractivity contribution is 0.371. The predicted molar refractivity (Wildman–Crippen MR) is 92.7 cm³/mol. The summed E-state index contributed by atoms with van der Waals surface area (Å²) in [5.74, 6) is 1.40. The Balaban J connectivity index is 1.50. The molecule has 0 saturated heterocycles. The van der Waals surface area contributed by atoms with Gasteiger partial charge in [0.15, 0.2) is 5.82 Å². The molecule has 5 heteroatoms. The van der Waals surface area contributed by atoms with E-state index in [1.54, 1.807) is 0 Å². The number of aromatic nitrogens is 2. The van der Waals surface area contributed by atoms with Crippen LogP contribution in [0.15, 0.2) is 59.1 Å². The summed E-state index contributed by atoms with van der Waals surface area (Å²) in [5, 5.41) is 7.58. The standard InChI is InChI=1S/C19H20N4O/c1-2-6-15(7-3-1)12-18-21-19(24-22-18)14-23-11-10-20-13-16-8-4-5-9-17(16)23/h1-9,20H,10-14H2. The van der Waals surface area contributed by atoms with E-state index in [1.165, 1.54) is 16.8 Å². The van der Waals surface area contributed by atoms with E-state index >= 15 is 0 Å². The van der Waals surface area contributed by atoms with Gasteiger partial charge in [-0.1, -0.05) is 53.7 Å². The van der Waals surface area contributed by atoms with Gasteiger partial charge >= 0.3 is 0 Å². The molecule has 0 amide bonds. The number of nitrogens with zero attached hydrogens (tertiary/aromatic N) is 3. The summed E-state index contributed by atoms with van der Waals surface area (Å²) in [4.78, 5) is 6.86. The molecule has 2 aromatic carbocycles. The molecular formula is C19H20N4O. The lowest BCUT2D eigenvalue weighted by Gasteiger charge is -2.22. The first-order chi connectivity index (χ1) is 11.9. The summed E-state index contributed by atoms with van der Waals surface area (Å²) in [6, 6.07) is 18.7. The van der Waals surface area contributed by atoms with E-state index in [1.807, 2.05) is 18.2 Å². The molecule has 3 aromatic rings. The number of rotatable bonds is 4. The van der Waals surface area contributed by atoms with Crippen LogP contribution in [-0.2, 0) is 19.5 Å². The van der Waals surface area contributed by atoms with Gasteiger partial charge in [-0.2, -0.15) is 4.98 Å². The number of nitrogens with one attached hydrogen (secondary N) is 1. The molecule has 1 aromatic heterocycles. The smallest absolute Gasteiger partial charge is 0.246 e. The van der Waals surface area contributed by atoms with E-state index in [4.69, 9.17) is 4.52 Å². The molecule has 0 saturated carbocycles. The predicted octanol–water partition coefficient (Wildman–Crippen LogP) is 2.77. The molecule has 0 atom stereocenters. The summed E-state index contributed by atoms with van der Waals surface area (Å²) in [5.41, 5.74) is 3.73. The highest BCUT2D eigenvalue weighted by molar-refractivity contribution is 5.54. The highest BCUT2D eigenvalue weighted by Crippen LogP contribution is 2.23. The van der Waals surface area contributed by atoms with Crippen LogP contribution in [0.2, 0.25) is 0 Å². The van der Waals surface area contributed by atoms with Crippen molar-refractivity contribution in [2.24, 2.45) is 0 Å². The van der Waals surface area contributed by atoms with Gasteiger partial charge in [0.2, 0.25) is 5.89 Å². The molecule has 0 bridgehead atoms. The lowest BCUT2D eigenvalue weighted by Crippen LogP contribution is -2.28. The van der Waals surface area contributed by atoms with Crippen LogP contribution in [0, 0.1) is 0 Å². The summed E-state index contributed by atoms with van der Waals surface area (Å²) in [7, 11) is 0. The summed E-state index contributed by atoms with van der Waals surface area (Å²) in [6.45, 7) is 3.41. The first-order valence-corrected chi connectivity index (χ1v) is 8.27. The molecule has 1 aliphatic heterocycles. The van der Waals surface area contributed by atoms with Crippen LogP contribution in [0.25, 0.3) is 0 Å². The Bertz CT molecular complexity index is 800. The van der Waals surface area contributed by atoms with Crippen LogP contribution in [-0.4, -0.2) is 23.2 Å². The minimum Gasteiger partial charge on any atom is -0.361 e. The van der Waals surface area contributed by atoms with Crippen LogP contribution in [0.5, 0.6) is 0 Å². The Kier molecular flexibility index (Phi) is 4.25. The molecule has 5 nitrogen and oxygen atoms in total. The van der Waals surface area contributed by atoms with Crippen LogP contribution in [0.1, 0.15) is 22.8 Å². The second-order valence-corrected chi connectivity index (χ2v) is 5.99. The highest BCUT2D eigenvalue weighted by Gasteiger charge is 2.17. The third-order valence-electron chi connectivity index (χ3n) is 4.25. The van der Waals surface area contributed by atoms with Gasteiger partial charge in [0.25, 0.3) is 0 Å². The van der Waals surface area contributed by atoms with Crippen molar-refractivity contribution in [1.29, 1.82) is 0 Å². The average Bonchev–Trinajstić information content (AvgIpc) is 2.95. The number of fused-ring (bicyclic) bond motifs is 1. The third-order valence-corrected chi connectivity index (χ3v) is 4.25. The fourth-order valence-electron chi connectivity index (χ4n) is 3.06. The maximum atomic E-state index is 5.47. The Labute approximate surface area is 141 Å². The second kappa shape index (κ2) is 6.84. The monoisotopic (exact) mass is 320 g/mol. The first kappa shape index (κ1) is 14.9. The molecule has 122 valence electrons. The van der Waals surface area contributed by atoms with Crippen molar-refractivity contribution in [3.8, 4) is 0 Å². The molecule has 4 rings (SSSR count). The van der Waals surface area contributed by atoms with Crippen molar-refractivity contribution in [2.75, 3.05) is 18.0 Å². The van der Waals surface area contributed by atoms with Gasteiger partial charge in [0, 0.05) is 31.7 Å². The van der Waals surface area contributed by atoms with E-state index < -0.39 is 0 Å². The van der Waals surface area contributed by atoms with Crippen LogP contribution in [0.4, 0.5) is 5.69 Å². The topological polar surface area (TPSA) is 54.2 Å². The zero-order valence-electron chi connectivity index (χ0n) is 13.5. The van der Waals surface area contributed by atoms with Crippen molar-refractivity contribution in [2.45, 2.75) is 19.5 Å². The molecular weight excluding hydrogens is 300 g/mol. The largest absolute Gasteiger partial charge is 0.361 e. The van der Waals surface area contributed by atoms with Crippen molar-refractivity contribution >= 4 is 5.69 Å². The van der Waals surface area contributed by atoms with Crippen LogP contribution in [0.3, 0.4) is 0 Å². The van der Waals surface area contributed by atoms with Gasteiger partial charge < -0.3 is 14.7 Å². The van der Waals surface area contributed by atoms with Crippen molar-refractivity contribution in [3.05, 3.63) is 77.4 Å². The molecule has 0 aliphatic carbocycles. The van der Waals surface area contributed by atoms with Gasteiger partial charge in [-0.25, -0.2) is 0 Å². The number of hydrogen-bond acceptors (Lipinski definition) is 5. The van der Waals surface area contributed by atoms with E-state index in [-0.39, 0.29) is 0 Å². The zero-order chi connectivity index (χ0) is 16.2. The number of hydrogen-bond donors (Lipinski definition) is 1. The van der Waals surface area contributed by atoms with Crippen LogP contribution >= 0.6 is 0 Å². The molecule has 0 fully saturated rings. The molecule has 0 radical (unpaired) electrons. The van der Waals surface area contributed by atoms with Gasteiger partial charge in [-0.15, -0.1) is 0 Å². The number of anilines is 1. The number of benzene rings is 2. The quantitative estimate of drug-likeness (QED) is 0.801. The molecule has 0 spiro atoms. The van der Waals surface area contributed by atoms with Gasteiger partial charge in [-0.05, 0) is 17.2 Å². The fourth-order valence-corrected chi connectivity index (χ4v) is 3.06. The Morgan fingerprint density at radius 1 is 1.04 bits per heavy atom. The van der Waals surface area contributed by atoms with Gasteiger partial charge in [0.1, 0.15) is 0 Å². The average molecular weight is 320 g/mol. The number of para-hydroxylation sites is 1. The van der Waals surface area contributed by atoms with Crippen LogP contribution < -0.4 is 10.2 Å². The highest BCUT2D eigenvalue weighted by atomic mass is 16.5. The minimum absolute atomic E-state index is 0.639. The normalized spacial score (nSPS) is 14.2. The molecule has 2 heterocycles. The van der Waals surface area contributed by atoms with Crippen molar-refractivity contribution in [3.63, 3.8) is 0 Å². The van der Waals surface area contributed by atoms with Gasteiger partial charge in [0.05, 0.1) is 6.54 Å². The Morgan fingerprint density at radius 2 is 1.88 bits per heavy atom. The third kappa shape index (κ3) is 3.31. The maximum Gasteiger partial charge on any atom is 0.246 e. The molecule has 1 aliphatic rings. The van der Waals surface area contributed by atoms with E-state index in [2.05, 4.69) is 56.8 Å². The van der Waals surface area contributed by atoms with Crippen molar-refractivity contribution in [1.82, 2.24) is 15.5 Å².